The summed E-state index contributed by atoms with van der Waals surface area (Å²) < 4.78 is 10.6. The molecule has 0 heterocycles. The van der Waals surface area contributed by atoms with Gasteiger partial charge in [-0.05, 0) is 62.9 Å². The third-order valence-corrected chi connectivity index (χ3v) is 3.87. The highest BCUT2D eigenvalue weighted by Gasteiger charge is 2.10. The van der Waals surface area contributed by atoms with Gasteiger partial charge in [0.1, 0.15) is 12.4 Å². The highest BCUT2D eigenvalue weighted by Crippen LogP contribution is 2.25. The zero-order chi connectivity index (χ0) is 16.0. The van der Waals surface area contributed by atoms with Crippen LogP contribution in [0.5, 0.6) is 5.75 Å². The summed E-state index contributed by atoms with van der Waals surface area (Å²) in [5, 5.41) is 0. The average molecular weight is 313 g/mol. The lowest BCUT2D eigenvalue weighted by molar-refractivity contribution is 0.306. The molecule has 116 valence electrons. The van der Waals surface area contributed by atoms with Crippen molar-refractivity contribution in [2.75, 3.05) is 0 Å². The monoisotopic (exact) mass is 313 g/mol. The van der Waals surface area contributed by atoms with Crippen LogP contribution in [0, 0.1) is 0 Å². The first-order chi connectivity index (χ1) is 10.4. The van der Waals surface area contributed by atoms with Gasteiger partial charge >= 0.3 is 0 Å². The molecule has 0 fully saturated rings. The average Bonchev–Trinajstić information content (AvgIpc) is 2.51. The minimum Gasteiger partial charge on any atom is -0.489 e. The number of ether oxygens (including phenoxy) is 1. The molecular formula is C19H23NOS. The summed E-state index contributed by atoms with van der Waals surface area (Å²) in [6.45, 7) is 9.10. The SMILES string of the molecule is CC(=NSC(C)(C)C)c1cccc(OCc2ccccc2)c1. The Labute approximate surface area is 137 Å². The van der Waals surface area contributed by atoms with Crippen LogP contribution in [0.15, 0.2) is 59.0 Å². The minimum atomic E-state index is 0.128. The molecule has 0 radical (unpaired) electrons. The molecule has 0 amide bonds. The van der Waals surface area contributed by atoms with E-state index in [4.69, 9.17) is 4.74 Å². The van der Waals surface area contributed by atoms with Crippen molar-refractivity contribution in [2.24, 2.45) is 4.40 Å². The van der Waals surface area contributed by atoms with E-state index in [0.29, 0.717) is 6.61 Å². The van der Waals surface area contributed by atoms with Crippen LogP contribution in [-0.2, 0) is 6.61 Å². The first-order valence-corrected chi connectivity index (χ1v) is 8.21. The molecule has 0 unspecified atom stereocenters. The van der Waals surface area contributed by atoms with Crippen molar-refractivity contribution in [3.05, 3.63) is 65.7 Å². The van der Waals surface area contributed by atoms with Gasteiger partial charge in [0.05, 0.1) is 5.71 Å². The number of benzene rings is 2. The lowest BCUT2D eigenvalue weighted by Gasteiger charge is -2.14. The molecule has 0 saturated heterocycles. The Bertz CT molecular complexity index is 629. The molecule has 2 nitrogen and oxygen atoms in total. The number of hydrogen-bond acceptors (Lipinski definition) is 3. The molecule has 0 aliphatic heterocycles. The van der Waals surface area contributed by atoms with E-state index in [-0.39, 0.29) is 4.75 Å². The highest BCUT2D eigenvalue weighted by atomic mass is 32.2. The standard InChI is InChI=1S/C19H23NOS/c1-15(20-22-19(2,3)4)17-11-8-12-18(13-17)21-14-16-9-6-5-7-10-16/h5-13H,14H2,1-4H3. The summed E-state index contributed by atoms with van der Waals surface area (Å²) in [5.41, 5.74) is 3.29. The molecule has 0 spiro atoms. The van der Waals surface area contributed by atoms with Crippen molar-refractivity contribution >= 4 is 17.7 Å². The zero-order valence-electron chi connectivity index (χ0n) is 13.7. The Morgan fingerprint density at radius 3 is 2.45 bits per heavy atom. The van der Waals surface area contributed by atoms with E-state index in [1.54, 1.807) is 11.9 Å². The van der Waals surface area contributed by atoms with Gasteiger partial charge in [-0.15, -0.1) is 0 Å². The molecule has 0 aromatic heterocycles. The Morgan fingerprint density at radius 2 is 1.77 bits per heavy atom. The van der Waals surface area contributed by atoms with Crippen LogP contribution in [0.1, 0.15) is 38.8 Å². The minimum absolute atomic E-state index is 0.128. The molecule has 0 saturated carbocycles. The smallest absolute Gasteiger partial charge is 0.120 e. The molecule has 0 N–H and O–H groups in total. The fraction of sp³-hybridized carbons (Fsp3) is 0.316. The molecule has 2 rings (SSSR count). The predicted molar refractivity (Wildman–Crippen MR) is 96.8 cm³/mol. The Morgan fingerprint density at radius 1 is 1.05 bits per heavy atom. The number of nitrogens with zero attached hydrogens (tertiary/aromatic N) is 1. The third-order valence-electron chi connectivity index (χ3n) is 2.96. The van der Waals surface area contributed by atoms with E-state index >= 15 is 0 Å². The van der Waals surface area contributed by atoms with Gasteiger partial charge in [0.2, 0.25) is 0 Å². The van der Waals surface area contributed by atoms with Crippen molar-refractivity contribution < 1.29 is 4.74 Å². The van der Waals surface area contributed by atoms with Gasteiger partial charge in [-0.2, -0.15) is 0 Å². The Kier molecular flexibility index (Phi) is 5.67. The number of hydrogen-bond donors (Lipinski definition) is 0. The van der Waals surface area contributed by atoms with Crippen molar-refractivity contribution in [3.63, 3.8) is 0 Å². The van der Waals surface area contributed by atoms with Crippen LogP contribution in [-0.4, -0.2) is 10.5 Å². The quantitative estimate of drug-likeness (QED) is 0.535. The molecule has 3 heteroatoms. The normalized spacial score (nSPS) is 12.3. The summed E-state index contributed by atoms with van der Waals surface area (Å²) in [5.74, 6) is 0.872. The van der Waals surface area contributed by atoms with E-state index in [2.05, 4.69) is 43.4 Å². The molecular weight excluding hydrogens is 290 g/mol. The van der Waals surface area contributed by atoms with Gasteiger partial charge in [0.15, 0.2) is 0 Å². The maximum absolute atomic E-state index is 5.87. The second-order valence-corrected chi connectivity index (χ2v) is 7.77. The van der Waals surface area contributed by atoms with E-state index < -0.39 is 0 Å². The molecule has 0 bridgehead atoms. The summed E-state index contributed by atoms with van der Waals surface area (Å²) in [6, 6.07) is 18.3. The van der Waals surface area contributed by atoms with Crippen molar-refractivity contribution in [2.45, 2.75) is 39.0 Å². The summed E-state index contributed by atoms with van der Waals surface area (Å²) in [6.07, 6.45) is 0. The van der Waals surface area contributed by atoms with Crippen molar-refractivity contribution in [1.29, 1.82) is 0 Å². The van der Waals surface area contributed by atoms with Gasteiger partial charge in [0.25, 0.3) is 0 Å². The highest BCUT2D eigenvalue weighted by molar-refractivity contribution is 7.99. The van der Waals surface area contributed by atoms with E-state index in [1.807, 2.05) is 43.3 Å². The van der Waals surface area contributed by atoms with E-state index in [9.17, 15) is 0 Å². The van der Waals surface area contributed by atoms with Gasteiger partial charge in [-0.1, -0.05) is 42.5 Å². The molecule has 2 aromatic rings. The van der Waals surface area contributed by atoms with Crippen LogP contribution in [0.3, 0.4) is 0 Å². The van der Waals surface area contributed by atoms with Crippen LogP contribution >= 0.6 is 11.9 Å². The van der Waals surface area contributed by atoms with Gasteiger partial charge in [-0.3, -0.25) is 0 Å². The molecule has 0 aliphatic rings. The van der Waals surface area contributed by atoms with E-state index in [0.717, 1.165) is 17.0 Å². The maximum Gasteiger partial charge on any atom is 0.120 e. The topological polar surface area (TPSA) is 21.6 Å². The van der Waals surface area contributed by atoms with E-state index in [1.165, 1.54) is 5.56 Å². The molecule has 0 atom stereocenters. The van der Waals surface area contributed by atoms with Crippen molar-refractivity contribution in [1.82, 2.24) is 0 Å². The summed E-state index contributed by atoms with van der Waals surface area (Å²) in [7, 11) is 0. The fourth-order valence-electron chi connectivity index (χ4n) is 1.81. The lowest BCUT2D eigenvalue weighted by Crippen LogP contribution is -2.06. The maximum atomic E-state index is 5.87. The molecule has 2 aromatic carbocycles. The first-order valence-electron chi connectivity index (χ1n) is 7.44. The lowest BCUT2D eigenvalue weighted by atomic mass is 10.1. The Balaban J connectivity index is 2.03. The van der Waals surface area contributed by atoms with Crippen LogP contribution in [0.25, 0.3) is 0 Å². The van der Waals surface area contributed by atoms with Gasteiger partial charge in [0, 0.05) is 4.75 Å². The third kappa shape index (κ3) is 5.57. The molecule has 0 aliphatic carbocycles. The Hall–Kier alpha value is -1.74. The molecule has 22 heavy (non-hydrogen) atoms. The van der Waals surface area contributed by atoms with Crippen LogP contribution in [0.2, 0.25) is 0 Å². The zero-order valence-corrected chi connectivity index (χ0v) is 14.5. The fourth-order valence-corrected chi connectivity index (χ4v) is 2.33. The summed E-state index contributed by atoms with van der Waals surface area (Å²) >= 11 is 1.60. The van der Waals surface area contributed by atoms with Gasteiger partial charge in [-0.25, -0.2) is 4.40 Å². The second-order valence-electron chi connectivity index (χ2n) is 6.18. The number of rotatable bonds is 5. The van der Waals surface area contributed by atoms with Crippen molar-refractivity contribution in [3.8, 4) is 5.75 Å². The summed E-state index contributed by atoms with van der Waals surface area (Å²) in [4.78, 5) is 0. The second kappa shape index (κ2) is 7.50. The van der Waals surface area contributed by atoms with Crippen LogP contribution in [0.4, 0.5) is 0 Å². The first kappa shape index (κ1) is 16.6. The predicted octanol–water partition coefficient (Wildman–Crippen LogP) is 5.52. The van der Waals surface area contributed by atoms with Gasteiger partial charge < -0.3 is 4.74 Å². The largest absolute Gasteiger partial charge is 0.489 e. The van der Waals surface area contributed by atoms with Crippen LogP contribution < -0.4 is 4.74 Å².